The molecule has 0 N–H and O–H groups in total. The highest BCUT2D eigenvalue weighted by atomic mass is 16.7. The van der Waals surface area contributed by atoms with E-state index in [0.717, 1.165) is 0 Å². The van der Waals surface area contributed by atoms with Crippen molar-refractivity contribution in [2.75, 3.05) is 6.61 Å². The maximum atomic E-state index is 11.8. The second-order valence-electron chi connectivity index (χ2n) is 4.67. The Morgan fingerprint density at radius 3 is 2.67 bits per heavy atom. The Bertz CT molecular complexity index is 377. The van der Waals surface area contributed by atoms with Crippen molar-refractivity contribution in [3.8, 4) is 0 Å². The van der Waals surface area contributed by atoms with Crippen molar-refractivity contribution < 1.29 is 28.6 Å². The van der Waals surface area contributed by atoms with Crippen LogP contribution in [0.1, 0.15) is 26.7 Å². The predicted molar refractivity (Wildman–Crippen MR) is 58.3 cm³/mol. The second-order valence-corrected chi connectivity index (χ2v) is 4.67. The van der Waals surface area contributed by atoms with Crippen molar-refractivity contribution in [3.63, 3.8) is 0 Å². The van der Waals surface area contributed by atoms with Crippen LogP contribution in [-0.4, -0.2) is 36.7 Å². The first-order valence-electron chi connectivity index (χ1n) is 5.99. The molecule has 2 bridgehead atoms. The first-order valence-corrected chi connectivity index (χ1v) is 5.99. The molecule has 4 unspecified atom stereocenters. The van der Waals surface area contributed by atoms with Crippen LogP contribution < -0.4 is 0 Å². The predicted octanol–water partition coefficient (Wildman–Crippen LogP) is 0.433. The van der Waals surface area contributed by atoms with Crippen molar-refractivity contribution in [3.05, 3.63) is 0 Å². The minimum absolute atomic E-state index is 0.0525. The van der Waals surface area contributed by atoms with Gasteiger partial charge in [0.25, 0.3) is 0 Å². The quantitative estimate of drug-likeness (QED) is 0.538. The average molecular weight is 256 g/mol. The monoisotopic (exact) mass is 256 g/mol. The van der Waals surface area contributed by atoms with Gasteiger partial charge in [0, 0.05) is 19.3 Å². The summed E-state index contributed by atoms with van der Waals surface area (Å²) in [5, 5.41) is 0. The molecule has 0 radical (unpaired) electrons. The fraction of sp³-hybridized carbons (Fsp3) is 0.750. The molecule has 3 saturated heterocycles. The third-order valence-electron chi connectivity index (χ3n) is 3.36. The molecule has 0 amide bonds. The Morgan fingerprint density at radius 1 is 1.33 bits per heavy atom. The highest BCUT2D eigenvalue weighted by Crippen LogP contribution is 2.37. The minimum atomic E-state index is -0.807. The Kier molecular flexibility index (Phi) is 3.65. The van der Waals surface area contributed by atoms with Gasteiger partial charge in [0.2, 0.25) is 6.29 Å². The first kappa shape index (κ1) is 13.0. The summed E-state index contributed by atoms with van der Waals surface area (Å²) in [5.41, 5.74) is 0. The molecule has 3 aliphatic heterocycles. The number of hydrogen-bond donors (Lipinski definition) is 0. The van der Waals surface area contributed by atoms with E-state index < -0.39 is 30.3 Å². The largest absolute Gasteiger partial charge is 0.463 e. The molecule has 4 atom stereocenters. The summed E-state index contributed by atoms with van der Waals surface area (Å²) in [7, 11) is 0. The number of rotatable bonds is 3. The molecule has 3 fully saturated rings. The number of carbonyl (C=O) groups excluding carboxylic acids is 3. The van der Waals surface area contributed by atoms with Crippen molar-refractivity contribution in [1.82, 2.24) is 0 Å². The average Bonchev–Trinajstić information content (AvgIpc) is 2.51. The SMILES string of the molecule is CC(=O)OCC1OC2CCC1C(C(C)=O)C(=O)O2. The van der Waals surface area contributed by atoms with Gasteiger partial charge in [-0.05, 0) is 13.3 Å². The van der Waals surface area contributed by atoms with Crippen LogP contribution >= 0.6 is 0 Å². The number of ketones is 1. The van der Waals surface area contributed by atoms with E-state index in [9.17, 15) is 14.4 Å². The maximum absolute atomic E-state index is 11.8. The van der Waals surface area contributed by atoms with Gasteiger partial charge >= 0.3 is 11.9 Å². The Balaban J connectivity index is 2.15. The number of hydrogen-bond acceptors (Lipinski definition) is 6. The maximum Gasteiger partial charge on any atom is 0.319 e. The van der Waals surface area contributed by atoms with Crippen LogP contribution in [0.15, 0.2) is 0 Å². The molecule has 0 saturated carbocycles. The molecule has 0 spiro atoms. The summed E-state index contributed by atoms with van der Waals surface area (Å²) in [5.74, 6) is -2.25. The zero-order valence-electron chi connectivity index (χ0n) is 10.4. The molecule has 6 nitrogen and oxygen atoms in total. The number of Topliss-reactive ketones (excluding diaryl/α,β-unsaturated/α-hetero) is 1. The van der Waals surface area contributed by atoms with Gasteiger partial charge in [-0.2, -0.15) is 0 Å². The number of fused-ring (bicyclic) bond motifs is 4. The molecular weight excluding hydrogens is 240 g/mol. The molecule has 3 aliphatic rings. The van der Waals surface area contributed by atoms with Gasteiger partial charge in [-0.1, -0.05) is 0 Å². The molecule has 3 rings (SSSR count). The van der Waals surface area contributed by atoms with Crippen LogP contribution in [-0.2, 0) is 28.6 Å². The van der Waals surface area contributed by atoms with Gasteiger partial charge < -0.3 is 14.2 Å². The van der Waals surface area contributed by atoms with E-state index >= 15 is 0 Å². The minimum Gasteiger partial charge on any atom is -0.463 e. The Hall–Kier alpha value is -1.43. The summed E-state index contributed by atoms with van der Waals surface area (Å²) in [6.07, 6.45) is 0.162. The van der Waals surface area contributed by atoms with Crippen LogP contribution in [0.2, 0.25) is 0 Å². The lowest BCUT2D eigenvalue weighted by atomic mass is 9.81. The van der Waals surface area contributed by atoms with Gasteiger partial charge in [0.05, 0.1) is 6.10 Å². The van der Waals surface area contributed by atoms with Crippen LogP contribution in [0.5, 0.6) is 0 Å². The third-order valence-corrected chi connectivity index (χ3v) is 3.36. The summed E-state index contributed by atoms with van der Waals surface area (Å²) in [4.78, 5) is 34.2. The van der Waals surface area contributed by atoms with E-state index in [4.69, 9.17) is 14.2 Å². The van der Waals surface area contributed by atoms with Crippen molar-refractivity contribution in [2.24, 2.45) is 11.8 Å². The molecule has 6 heteroatoms. The van der Waals surface area contributed by atoms with Crippen LogP contribution in [0.4, 0.5) is 0 Å². The van der Waals surface area contributed by atoms with Gasteiger partial charge in [-0.25, -0.2) is 0 Å². The Labute approximate surface area is 105 Å². The highest BCUT2D eigenvalue weighted by Gasteiger charge is 2.47. The zero-order valence-corrected chi connectivity index (χ0v) is 10.4. The van der Waals surface area contributed by atoms with Crippen molar-refractivity contribution in [1.29, 1.82) is 0 Å². The fourth-order valence-corrected chi connectivity index (χ4v) is 2.55. The van der Waals surface area contributed by atoms with Crippen molar-refractivity contribution in [2.45, 2.75) is 39.1 Å². The molecule has 0 aromatic rings. The van der Waals surface area contributed by atoms with Crippen molar-refractivity contribution >= 4 is 17.7 Å². The number of carbonyl (C=O) groups is 3. The molecule has 100 valence electrons. The molecular formula is C12H16O6. The highest BCUT2D eigenvalue weighted by molar-refractivity contribution is 5.98. The standard InChI is InChI=1S/C12H16O6/c1-6(13)11-8-3-4-10(18-12(11)15)17-9(8)5-16-7(2)14/h8-11H,3-5H2,1-2H3. The van der Waals surface area contributed by atoms with E-state index in [-0.39, 0.29) is 18.3 Å². The van der Waals surface area contributed by atoms with Gasteiger partial charge in [0.15, 0.2) is 0 Å². The van der Waals surface area contributed by atoms with Crippen LogP contribution in [0.25, 0.3) is 0 Å². The second kappa shape index (κ2) is 5.06. The lowest BCUT2D eigenvalue weighted by Gasteiger charge is -2.32. The smallest absolute Gasteiger partial charge is 0.319 e. The molecule has 0 aliphatic carbocycles. The summed E-state index contributed by atoms with van der Waals surface area (Å²) < 4.78 is 15.5. The van der Waals surface area contributed by atoms with E-state index in [1.807, 2.05) is 0 Å². The van der Waals surface area contributed by atoms with Gasteiger partial charge in [-0.3, -0.25) is 14.4 Å². The lowest BCUT2D eigenvalue weighted by Crippen LogP contribution is -2.41. The van der Waals surface area contributed by atoms with Gasteiger partial charge in [0.1, 0.15) is 18.3 Å². The van der Waals surface area contributed by atoms with E-state index in [1.54, 1.807) is 0 Å². The van der Waals surface area contributed by atoms with E-state index in [0.29, 0.717) is 12.8 Å². The third kappa shape index (κ3) is 2.53. The topological polar surface area (TPSA) is 78.9 Å². The zero-order chi connectivity index (χ0) is 13.3. The first-order chi connectivity index (χ1) is 8.49. The fourth-order valence-electron chi connectivity index (χ4n) is 2.55. The van der Waals surface area contributed by atoms with E-state index in [1.165, 1.54) is 13.8 Å². The van der Waals surface area contributed by atoms with Crippen LogP contribution in [0, 0.1) is 11.8 Å². The number of ether oxygens (including phenoxy) is 3. The van der Waals surface area contributed by atoms with Gasteiger partial charge in [-0.15, -0.1) is 0 Å². The normalized spacial score (nSPS) is 34.7. The summed E-state index contributed by atoms with van der Waals surface area (Å²) in [6.45, 7) is 2.73. The summed E-state index contributed by atoms with van der Waals surface area (Å²) in [6, 6.07) is 0. The summed E-state index contributed by atoms with van der Waals surface area (Å²) >= 11 is 0. The molecule has 18 heavy (non-hydrogen) atoms. The van der Waals surface area contributed by atoms with Crippen LogP contribution in [0.3, 0.4) is 0 Å². The molecule has 0 aromatic carbocycles. The lowest BCUT2D eigenvalue weighted by molar-refractivity contribution is -0.201. The van der Waals surface area contributed by atoms with E-state index in [2.05, 4.69) is 0 Å². The number of esters is 2. The molecule has 0 aromatic heterocycles. The molecule has 3 heterocycles. The Morgan fingerprint density at radius 2 is 2.06 bits per heavy atom.